The number of rotatable bonds is 4. The smallest absolute Gasteiger partial charge is 0.337 e. The Labute approximate surface area is 138 Å². The second-order valence-corrected chi connectivity index (χ2v) is 6.09. The van der Waals surface area contributed by atoms with E-state index in [1.54, 1.807) is 12.1 Å². The number of carboxylic acid groups (broad SMARTS) is 1. The number of hydrogen-bond acceptors (Lipinski definition) is 2. The third kappa shape index (κ3) is 4.15. The number of amides is 1. The van der Waals surface area contributed by atoms with Crippen molar-refractivity contribution in [2.45, 2.75) is 6.42 Å². The molecule has 0 radical (unpaired) electrons. The molecular weight excluding hydrogens is 402 g/mol. The van der Waals surface area contributed by atoms with E-state index < -0.39 is 5.97 Å². The average molecular weight is 413 g/mol. The first-order valence-corrected chi connectivity index (χ1v) is 7.62. The SMILES string of the molecule is O=C(Cc1cccc(Br)c1)Nc1c(Br)cccc1C(=O)O. The molecule has 2 aromatic rings. The van der Waals surface area contributed by atoms with Crippen molar-refractivity contribution in [1.82, 2.24) is 0 Å². The minimum Gasteiger partial charge on any atom is -0.478 e. The van der Waals surface area contributed by atoms with Gasteiger partial charge in [0.05, 0.1) is 17.7 Å². The van der Waals surface area contributed by atoms with Gasteiger partial charge in [0.2, 0.25) is 5.91 Å². The molecule has 0 aliphatic carbocycles. The fourth-order valence-corrected chi connectivity index (χ4v) is 2.76. The molecule has 0 spiro atoms. The van der Waals surface area contributed by atoms with Crippen LogP contribution in [0.3, 0.4) is 0 Å². The Bertz CT molecular complexity index is 701. The first-order valence-electron chi connectivity index (χ1n) is 6.03. The van der Waals surface area contributed by atoms with Crippen molar-refractivity contribution < 1.29 is 14.7 Å². The quantitative estimate of drug-likeness (QED) is 0.794. The van der Waals surface area contributed by atoms with E-state index in [4.69, 9.17) is 5.11 Å². The van der Waals surface area contributed by atoms with Crippen LogP contribution in [0, 0.1) is 0 Å². The summed E-state index contributed by atoms with van der Waals surface area (Å²) in [5, 5.41) is 11.8. The van der Waals surface area contributed by atoms with Crippen LogP contribution in [0.1, 0.15) is 15.9 Å². The van der Waals surface area contributed by atoms with E-state index in [1.807, 2.05) is 24.3 Å². The maximum atomic E-state index is 12.1. The Kier molecular flexibility index (Phi) is 5.14. The van der Waals surface area contributed by atoms with E-state index in [1.165, 1.54) is 6.07 Å². The summed E-state index contributed by atoms with van der Waals surface area (Å²) >= 11 is 6.60. The van der Waals surface area contributed by atoms with Gasteiger partial charge >= 0.3 is 5.97 Å². The molecule has 1 amide bonds. The number of carbonyl (C=O) groups is 2. The van der Waals surface area contributed by atoms with Crippen LogP contribution in [-0.4, -0.2) is 17.0 Å². The molecular formula is C15H11Br2NO3. The van der Waals surface area contributed by atoms with Gasteiger partial charge in [0, 0.05) is 8.95 Å². The lowest BCUT2D eigenvalue weighted by Gasteiger charge is -2.10. The van der Waals surface area contributed by atoms with Gasteiger partial charge in [0.25, 0.3) is 0 Å². The molecule has 2 aromatic carbocycles. The Morgan fingerprint density at radius 3 is 2.48 bits per heavy atom. The van der Waals surface area contributed by atoms with Crippen LogP contribution < -0.4 is 5.32 Å². The van der Waals surface area contributed by atoms with Crippen LogP contribution in [0.2, 0.25) is 0 Å². The zero-order valence-electron chi connectivity index (χ0n) is 10.8. The minimum atomic E-state index is -1.09. The molecule has 6 heteroatoms. The monoisotopic (exact) mass is 411 g/mol. The highest BCUT2D eigenvalue weighted by Crippen LogP contribution is 2.26. The van der Waals surface area contributed by atoms with Crippen molar-refractivity contribution in [1.29, 1.82) is 0 Å². The van der Waals surface area contributed by atoms with Gasteiger partial charge in [-0.3, -0.25) is 4.79 Å². The van der Waals surface area contributed by atoms with Crippen LogP contribution in [0.15, 0.2) is 51.4 Å². The maximum absolute atomic E-state index is 12.1. The van der Waals surface area contributed by atoms with Gasteiger partial charge in [0.15, 0.2) is 0 Å². The van der Waals surface area contributed by atoms with Gasteiger partial charge in [-0.2, -0.15) is 0 Å². The zero-order valence-corrected chi connectivity index (χ0v) is 13.9. The predicted octanol–water partition coefficient (Wildman–Crippen LogP) is 4.09. The molecule has 0 bridgehead atoms. The molecule has 0 saturated carbocycles. The van der Waals surface area contributed by atoms with Gasteiger partial charge in [-0.25, -0.2) is 4.79 Å². The third-order valence-electron chi connectivity index (χ3n) is 2.76. The molecule has 0 aliphatic rings. The Morgan fingerprint density at radius 1 is 1.10 bits per heavy atom. The van der Waals surface area contributed by atoms with E-state index in [0.29, 0.717) is 4.47 Å². The van der Waals surface area contributed by atoms with Crippen molar-refractivity contribution in [2.24, 2.45) is 0 Å². The van der Waals surface area contributed by atoms with Crippen LogP contribution in [0.4, 0.5) is 5.69 Å². The maximum Gasteiger partial charge on any atom is 0.337 e. The lowest BCUT2D eigenvalue weighted by Crippen LogP contribution is -2.17. The van der Waals surface area contributed by atoms with Gasteiger partial charge in [-0.1, -0.05) is 34.1 Å². The molecule has 0 unspecified atom stereocenters. The van der Waals surface area contributed by atoms with Crippen molar-refractivity contribution in [3.05, 3.63) is 62.5 Å². The van der Waals surface area contributed by atoms with E-state index in [-0.39, 0.29) is 23.6 Å². The lowest BCUT2D eigenvalue weighted by molar-refractivity contribution is -0.115. The predicted molar refractivity (Wildman–Crippen MR) is 87.6 cm³/mol. The molecule has 0 aromatic heterocycles. The molecule has 4 nitrogen and oxygen atoms in total. The van der Waals surface area contributed by atoms with Gasteiger partial charge in [-0.15, -0.1) is 0 Å². The summed E-state index contributed by atoms with van der Waals surface area (Å²) in [5.41, 5.74) is 1.16. The summed E-state index contributed by atoms with van der Waals surface area (Å²) in [7, 11) is 0. The number of aromatic carboxylic acids is 1. The Balaban J connectivity index is 2.18. The normalized spacial score (nSPS) is 10.2. The first kappa shape index (κ1) is 15.7. The topological polar surface area (TPSA) is 66.4 Å². The Morgan fingerprint density at radius 2 is 1.81 bits per heavy atom. The van der Waals surface area contributed by atoms with Gasteiger partial charge < -0.3 is 10.4 Å². The second kappa shape index (κ2) is 6.87. The minimum absolute atomic E-state index is 0.0481. The molecule has 0 saturated heterocycles. The van der Waals surface area contributed by atoms with E-state index in [0.717, 1.165) is 10.0 Å². The number of anilines is 1. The largest absolute Gasteiger partial charge is 0.478 e. The summed E-state index contributed by atoms with van der Waals surface area (Å²) in [5.74, 6) is -1.36. The van der Waals surface area contributed by atoms with E-state index in [2.05, 4.69) is 37.2 Å². The highest BCUT2D eigenvalue weighted by atomic mass is 79.9. The number of benzene rings is 2. The van der Waals surface area contributed by atoms with Crippen LogP contribution in [0.5, 0.6) is 0 Å². The van der Waals surface area contributed by atoms with Crippen LogP contribution in [0.25, 0.3) is 0 Å². The fourth-order valence-electron chi connectivity index (χ4n) is 1.85. The summed E-state index contributed by atoms with van der Waals surface area (Å²) in [6.45, 7) is 0. The van der Waals surface area contributed by atoms with E-state index >= 15 is 0 Å². The third-order valence-corrected chi connectivity index (χ3v) is 3.92. The highest BCUT2D eigenvalue weighted by Gasteiger charge is 2.15. The van der Waals surface area contributed by atoms with Crippen molar-refractivity contribution in [2.75, 3.05) is 5.32 Å². The molecule has 0 aliphatic heterocycles. The average Bonchev–Trinajstić information content (AvgIpc) is 2.40. The summed E-state index contributed by atoms with van der Waals surface area (Å²) in [6, 6.07) is 12.1. The number of hydrogen-bond donors (Lipinski definition) is 2. The second-order valence-electron chi connectivity index (χ2n) is 4.32. The molecule has 0 heterocycles. The van der Waals surface area contributed by atoms with E-state index in [9.17, 15) is 9.59 Å². The van der Waals surface area contributed by atoms with Crippen LogP contribution >= 0.6 is 31.9 Å². The number of para-hydroxylation sites is 1. The standard InChI is InChI=1S/C15H11Br2NO3/c16-10-4-1-3-9(7-10)8-13(19)18-14-11(15(20)21)5-2-6-12(14)17/h1-7H,8H2,(H,18,19)(H,20,21). The molecule has 2 N–H and O–H groups in total. The summed E-state index contributed by atoms with van der Waals surface area (Å²) < 4.78 is 1.42. The number of carbonyl (C=O) groups excluding carboxylic acids is 1. The molecule has 0 fully saturated rings. The first-order chi connectivity index (χ1) is 9.97. The van der Waals surface area contributed by atoms with Crippen molar-refractivity contribution >= 4 is 49.4 Å². The van der Waals surface area contributed by atoms with Crippen molar-refractivity contribution in [3.63, 3.8) is 0 Å². The zero-order chi connectivity index (χ0) is 15.4. The van der Waals surface area contributed by atoms with Gasteiger partial charge in [0.1, 0.15) is 0 Å². The number of halogens is 2. The molecule has 0 atom stereocenters. The fraction of sp³-hybridized carbons (Fsp3) is 0.0667. The molecule has 2 rings (SSSR count). The van der Waals surface area contributed by atoms with Crippen LogP contribution in [-0.2, 0) is 11.2 Å². The Hall–Kier alpha value is -1.66. The molecule has 21 heavy (non-hydrogen) atoms. The summed E-state index contributed by atoms with van der Waals surface area (Å²) in [6.07, 6.45) is 0.167. The van der Waals surface area contributed by atoms with Crippen molar-refractivity contribution in [3.8, 4) is 0 Å². The number of carboxylic acids is 1. The van der Waals surface area contributed by atoms with Gasteiger partial charge in [-0.05, 0) is 45.8 Å². The highest BCUT2D eigenvalue weighted by molar-refractivity contribution is 9.10. The number of nitrogens with one attached hydrogen (secondary N) is 1. The lowest BCUT2D eigenvalue weighted by atomic mass is 10.1. The molecule has 108 valence electrons. The summed E-state index contributed by atoms with van der Waals surface area (Å²) in [4.78, 5) is 23.3.